The standard InChI is InChI=1S/C30H35N3O5/c1-31-23-14-21(36-2)6-7-22(23)27-28(31)24(16-34)33(15-19-3-4-19)17-30(27)9-11-32(12-10-30)29(35)20-5-8-25-26(13-20)38-18-37-25/h5-8,13-14,19,24,34H,3-4,9-12,15-18H2,1-2H3/t24-/m0/s1. The van der Waals surface area contributed by atoms with Crippen LogP contribution in [0, 0.1) is 5.92 Å². The largest absolute Gasteiger partial charge is 0.497 e. The third kappa shape index (κ3) is 3.68. The molecule has 4 heterocycles. The van der Waals surface area contributed by atoms with Gasteiger partial charge in [0.05, 0.1) is 25.3 Å². The Morgan fingerprint density at radius 2 is 1.89 bits per heavy atom. The van der Waals surface area contributed by atoms with Crippen LogP contribution in [0.1, 0.15) is 53.3 Å². The zero-order valence-electron chi connectivity index (χ0n) is 22.1. The number of benzene rings is 2. The molecule has 0 bridgehead atoms. The number of aliphatic hydroxyl groups excluding tert-OH is 1. The number of likely N-dealkylation sites (tertiary alicyclic amines) is 1. The number of hydrogen-bond acceptors (Lipinski definition) is 6. The predicted octanol–water partition coefficient (Wildman–Crippen LogP) is 3.85. The van der Waals surface area contributed by atoms with Crippen LogP contribution in [-0.2, 0) is 12.5 Å². The third-order valence-corrected chi connectivity index (χ3v) is 9.24. The molecule has 7 rings (SSSR count). The SMILES string of the molecule is COc1ccc2c3c(n(C)c2c1)[C@H](CO)N(CC1CC1)CC31CCN(C(=O)c2ccc3c(c2)OCO3)CC1. The van der Waals surface area contributed by atoms with Crippen LogP contribution in [0.15, 0.2) is 36.4 Å². The fourth-order valence-electron chi connectivity index (χ4n) is 7.05. The molecular weight excluding hydrogens is 482 g/mol. The molecule has 1 aliphatic carbocycles. The van der Waals surface area contributed by atoms with Gasteiger partial charge >= 0.3 is 0 Å². The molecule has 1 aromatic heterocycles. The number of rotatable bonds is 5. The minimum Gasteiger partial charge on any atom is -0.497 e. The van der Waals surface area contributed by atoms with E-state index in [9.17, 15) is 9.90 Å². The van der Waals surface area contributed by atoms with Crippen molar-refractivity contribution in [3.05, 3.63) is 53.2 Å². The molecule has 1 amide bonds. The molecule has 1 atom stereocenters. The maximum atomic E-state index is 13.5. The Kier molecular flexibility index (Phi) is 5.60. The van der Waals surface area contributed by atoms with E-state index in [0.29, 0.717) is 30.2 Å². The molecule has 4 aliphatic rings. The fourth-order valence-corrected chi connectivity index (χ4v) is 7.05. The van der Waals surface area contributed by atoms with Crippen molar-refractivity contribution in [2.45, 2.75) is 37.1 Å². The van der Waals surface area contributed by atoms with Crippen molar-refractivity contribution in [2.24, 2.45) is 13.0 Å². The Morgan fingerprint density at radius 3 is 2.63 bits per heavy atom. The summed E-state index contributed by atoms with van der Waals surface area (Å²) in [5.41, 5.74) is 4.29. The summed E-state index contributed by atoms with van der Waals surface area (Å²) in [6, 6.07) is 11.8. The van der Waals surface area contributed by atoms with Gasteiger partial charge in [-0.1, -0.05) is 0 Å². The van der Waals surface area contributed by atoms with Crippen LogP contribution in [-0.4, -0.2) is 72.1 Å². The van der Waals surface area contributed by atoms with E-state index in [1.54, 1.807) is 13.2 Å². The normalized spacial score (nSPS) is 22.2. The van der Waals surface area contributed by atoms with Crippen molar-refractivity contribution in [3.8, 4) is 17.2 Å². The highest BCUT2D eigenvalue weighted by Gasteiger charge is 2.49. The number of aromatic nitrogens is 1. The lowest BCUT2D eigenvalue weighted by atomic mass is 9.68. The topological polar surface area (TPSA) is 76.4 Å². The summed E-state index contributed by atoms with van der Waals surface area (Å²) in [6.45, 7) is 3.63. The lowest BCUT2D eigenvalue weighted by Gasteiger charge is -2.50. The minimum absolute atomic E-state index is 0.0204. The van der Waals surface area contributed by atoms with Crippen molar-refractivity contribution in [1.82, 2.24) is 14.4 Å². The van der Waals surface area contributed by atoms with Gasteiger partial charge in [0.15, 0.2) is 11.5 Å². The number of fused-ring (bicyclic) bond motifs is 5. The van der Waals surface area contributed by atoms with Gasteiger partial charge in [0.25, 0.3) is 5.91 Å². The first-order valence-electron chi connectivity index (χ1n) is 13.7. The first-order valence-corrected chi connectivity index (χ1v) is 13.7. The summed E-state index contributed by atoms with van der Waals surface area (Å²) in [4.78, 5) is 18.0. The maximum absolute atomic E-state index is 13.5. The second-order valence-corrected chi connectivity index (χ2v) is 11.4. The number of aryl methyl sites for hydroxylation is 1. The van der Waals surface area contributed by atoms with Gasteiger partial charge in [-0.15, -0.1) is 0 Å². The average molecular weight is 518 g/mol. The van der Waals surface area contributed by atoms with Crippen LogP contribution in [0.5, 0.6) is 17.2 Å². The molecule has 200 valence electrons. The van der Waals surface area contributed by atoms with Gasteiger partial charge in [-0.25, -0.2) is 0 Å². The Labute approximate surface area is 222 Å². The van der Waals surface area contributed by atoms with E-state index in [2.05, 4.69) is 28.6 Å². The molecule has 3 aliphatic heterocycles. The quantitative estimate of drug-likeness (QED) is 0.554. The summed E-state index contributed by atoms with van der Waals surface area (Å²) in [7, 11) is 3.82. The Balaban J connectivity index is 1.25. The van der Waals surface area contributed by atoms with E-state index in [0.717, 1.165) is 43.1 Å². The zero-order valence-corrected chi connectivity index (χ0v) is 22.1. The second kappa shape index (κ2) is 8.92. The van der Waals surface area contributed by atoms with E-state index in [1.165, 1.54) is 29.5 Å². The molecule has 1 saturated heterocycles. The third-order valence-electron chi connectivity index (χ3n) is 9.24. The minimum atomic E-state index is -0.0738. The maximum Gasteiger partial charge on any atom is 0.253 e. The fraction of sp³-hybridized carbons (Fsp3) is 0.500. The molecule has 1 saturated carbocycles. The van der Waals surface area contributed by atoms with Crippen LogP contribution in [0.3, 0.4) is 0 Å². The average Bonchev–Trinajstić information content (AvgIpc) is 3.55. The highest BCUT2D eigenvalue weighted by molar-refractivity contribution is 5.95. The number of ether oxygens (including phenoxy) is 3. The highest BCUT2D eigenvalue weighted by atomic mass is 16.7. The number of hydrogen-bond donors (Lipinski definition) is 1. The van der Waals surface area contributed by atoms with Gasteiger partial charge in [0.1, 0.15) is 5.75 Å². The summed E-state index contributed by atoms with van der Waals surface area (Å²) < 4.78 is 18.8. The molecular formula is C30H35N3O5. The number of methoxy groups -OCH3 is 1. The number of carbonyl (C=O) groups excluding carboxylic acids is 1. The molecule has 8 heteroatoms. The molecule has 2 fully saturated rings. The smallest absolute Gasteiger partial charge is 0.253 e. The van der Waals surface area contributed by atoms with Crippen LogP contribution in [0.4, 0.5) is 0 Å². The second-order valence-electron chi connectivity index (χ2n) is 11.4. The van der Waals surface area contributed by atoms with Crippen LogP contribution < -0.4 is 14.2 Å². The molecule has 0 radical (unpaired) electrons. The monoisotopic (exact) mass is 517 g/mol. The van der Waals surface area contributed by atoms with Gasteiger partial charge in [-0.05, 0) is 67.5 Å². The molecule has 1 spiro atoms. The van der Waals surface area contributed by atoms with Crippen LogP contribution in [0.25, 0.3) is 10.9 Å². The number of aliphatic hydroxyl groups is 1. The van der Waals surface area contributed by atoms with Gasteiger partial charge in [0, 0.05) is 61.4 Å². The molecule has 8 nitrogen and oxygen atoms in total. The zero-order chi connectivity index (χ0) is 26.0. The number of amides is 1. The lowest BCUT2D eigenvalue weighted by Crippen LogP contribution is -2.55. The Morgan fingerprint density at radius 1 is 1.11 bits per heavy atom. The van der Waals surface area contributed by atoms with Gasteiger partial charge in [0.2, 0.25) is 6.79 Å². The van der Waals surface area contributed by atoms with Gasteiger partial charge < -0.3 is 28.8 Å². The van der Waals surface area contributed by atoms with E-state index < -0.39 is 0 Å². The lowest BCUT2D eigenvalue weighted by molar-refractivity contribution is 0.0390. The molecule has 38 heavy (non-hydrogen) atoms. The molecule has 2 aromatic carbocycles. The van der Waals surface area contributed by atoms with E-state index in [-0.39, 0.29) is 30.8 Å². The molecule has 3 aromatic rings. The number of piperidine rings is 1. The summed E-state index contributed by atoms with van der Waals surface area (Å²) >= 11 is 0. The first kappa shape index (κ1) is 23.9. The Hall–Kier alpha value is -3.23. The molecule has 1 N–H and O–H groups in total. The molecule has 0 unspecified atom stereocenters. The van der Waals surface area contributed by atoms with Crippen LogP contribution >= 0.6 is 0 Å². The van der Waals surface area contributed by atoms with Crippen molar-refractivity contribution in [3.63, 3.8) is 0 Å². The summed E-state index contributed by atoms with van der Waals surface area (Å²) in [6.07, 6.45) is 4.33. The number of nitrogens with zero attached hydrogens (tertiary/aromatic N) is 3. The van der Waals surface area contributed by atoms with Crippen molar-refractivity contribution < 1.29 is 24.1 Å². The van der Waals surface area contributed by atoms with E-state index in [1.807, 2.05) is 23.1 Å². The van der Waals surface area contributed by atoms with E-state index >= 15 is 0 Å². The van der Waals surface area contributed by atoms with Crippen molar-refractivity contribution >= 4 is 16.8 Å². The van der Waals surface area contributed by atoms with Crippen LogP contribution in [0.2, 0.25) is 0 Å². The number of carbonyl (C=O) groups is 1. The summed E-state index contributed by atoms with van der Waals surface area (Å²) in [5.74, 6) is 2.93. The van der Waals surface area contributed by atoms with Gasteiger partial charge in [-0.3, -0.25) is 9.69 Å². The predicted molar refractivity (Wildman–Crippen MR) is 143 cm³/mol. The Bertz CT molecular complexity index is 1400. The summed E-state index contributed by atoms with van der Waals surface area (Å²) in [5, 5.41) is 11.9. The van der Waals surface area contributed by atoms with Crippen molar-refractivity contribution in [2.75, 3.05) is 46.7 Å². The van der Waals surface area contributed by atoms with Gasteiger partial charge in [-0.2, -0.15) is 0 Å². The van der Waals surface area contributed by atoms with E-state index in [4.69, 9.17) is 14.2 Å². The van der Waals surface area contributed by atoms with Crippen molar-refractivity contribution in [1.29, 1.82) is 0 Å². The first-order chi connectivity index (χ1) is 18.5. The highest BCUT2D eigenvalue weighted by Crippen LogP contribution is 2.51.